The lowest BCUT2D eigenvalue weighted by Gasteiger charge is -2.41. The summed E-state index contributed by atoms with van der Waals surface area (Å²) in [5, 5.41) is 0. The van der Waals surface area contributed by atoms with Crippen LogP contribution in [0.2, 0.25) is 0 Å². The first kappa shape index (κ1) is 14.3. The summed E-state index contributed by atoms with van der Waals surface area (Å²) in [5.74, 6) is 1.02. The Morgan fingerprint density at radius 1 is 1.11 bits per heavy atom. The van der Waals surface area contributed by atoms with Crippen molar-refractivity contribution in [2.75, 3.05) is 6.54 Å². The molecule has 4 unspecified atom stereocenters. The molecule has 0 radical (unpaired) electrons. The number of rotatable bonds is 3. The van der Waals surface area contributed by atoms with Crippen LogP contribution in [0.5, 0.6) is 0 Å². The van der Waals surface area contributed by atoms with E-state index in [1.807, 2.05) is 0 Å². The first-order valence-corrected chi connectivity index (χ1v) is 8.22. The molecule has 2 N–H and O–H groups in total. The van der Waals surface area contributed by atoms with Crippen LogP contribution in [0.4, 0.5) is 0 Å². The predicted octanol–water partition coefficient (Wildman–Crippen LogP) is 3.55. The van der Waals surface area contributed by atoms with Crippen LogP contribution in [0.1, 0.15) is 71.6 Å². The van der Waals surface area contributed by atoms with Crippen LogP contribution in [0.3, 0.4) is 0 Å². The van der Waals surface area contributed by atoms with Gasteiger partial charge < -0.3 is 5.73 Å². The van der Waals surface area contributed by atoms with Gasteiger partial charge in [-0.25, -0.2) is 0 Å². The van der Waals surface area contributed by atoms with Crippen molar-refractivity contribution in [2.45, 2.75) is 89.8 Å². The van der Waals surface area contributed by atoms with Crippen molar-refractivity contribution in [2.24, 2.45) is 11.7 Å². The molecule has 0 aromatic rings. The molecule has 18 heavy (non-hydrogen) atoms. The summed E-state index contributed by atoms with van der Waals surface area (Å²) >= 11 is 0. The molecule has 1 heterocycles. The molecule has 2 aliphatic rings. The summed E-state index contributed by atoms with van der Waals surface area (Å²) < 4.78 is 0. The number of nitrogens with zero attached hydrogens (tertiary/aromatic N) is 1. The van der Waals surface area contributed by atoms with E-state index in [2.05, 4.69) is 18.7 Å². The van der Waals surface area contributed by atoms with Crippen molar-refractivity contribution in [1.82, 2.24) is 4.90 Å². The first-order chi connectivity index (χ1) is 8.70. The second-order valence-corrected chi connectivity index (χ2v) is 6.69. The van der Waals surface area contributed by atoms with Crippen LogP contribution < -0.4 is 5.73 Å². The lowest BCUT2D eigenvalue weighted by molar-refractivity contribution is 0.0861. The van der Waals surface area contributed by atoms with Gasteiger partial charge in [0.15, 0.2) is 0 Å². The lowest BCUT2D eigenvalue weighted by atomic mass is 9.93. The summed E-state index contributed by atoms with van der Waals surface area (Å²) in [7, 11) is 0. The Morgan fingerprint density at radius 3 is 2.67 bits per heavy atom. The van der Waals surface area contributed by atoms with E-state index >= 15 is 0 Å². The van der Waals surface area contributed by atoms with Gasteiger partial charge >= 0.3 is 0 Å². The molecule has 0 aromatic heterocycles. The van der Waals surface area contributed by atoms with E-state index in [-0.39, 0.29) is 0 Å². The van der Waals surface area contributed by atoms with Crippen molar-refractivity contribution < 1.29 is 0 Å². The van der Waals surface area contributed by atoms with E-state index in [1.54, 1.807) is 0 Å². The maximum absolute atomic E-state index is 6.08. The van der Waals surface area contributed by atoms with E-state index in [1.165, 1.54) is 64.3 Å². The minimum atomic E-state index is 0.454. The van der Waals surface area contributed by atoms with Gasteiger partial charge in [-0.2, -0.15) is 0 Å². The number of hydrogen-bond donors (Lipinski definition) is 1. The largest absolute Gasteiger partial charge is 0.328 e. The normalized spacial score (nSPS) is 39.5. The van der Waals surface area contributed by atoms with Gasteiger partial charge in [0, 0.05) is 24.7 Å². The maximum Gasteiger partial charge on any atom is 0.00982 e. The second kappa shape index (κ2) is 6.91. The fraction of sp³-hybridized carbons (Fsp3) is 1.00. The van der Waals surface area contributed by atoms with E-state index in [4.69, 9.17) is 5.73 Å². The zero-order valence-corrected chi connectivity index (χ0v) is 12.4. The minimum absolute atomic E-state index is 0.454. The zero-order chi connectivity index (χ0) is 13.0. The number of hydrogen-bond acceptors (Lipinski definition) is 2. The van der Waals surface area contributed by atoms with Gasteiger partial charge in [-0.05, 0) is 44.9 Å². The van der Waals surface area contributed by atoms with Crippen molar-refractivity contribution in [1.29, 1.82) is 0 Å². The molecule has 1 aliphatic heterocycles. The summed E-state index contributed by atoms with van der Waals surface area (Å²) in [4.78, 5) is 2.78. The van der Waals surface area contributed by atoms with Gasteiger partial charge in [0.1, 0.15) is 0 Å². The van der Waals surface area contributed by atoms with Gasteiger partial charge in [0.05, 0.1) is 0 Å². The average molecular weight is 252 g/mol. The highest BCUT2D eigenvalue weighted by Gasteiger charge is 2.30. The van der Waals surface area contributed by atoms with Crippen LogP contribution in [0.25, 0.3) is 0 Å². The van der Waals surface area contributed by atoms with Gasteiger partial charge in [-0.1, -0.05) is 32.6 Å². The molecule has 0 spiro atoms. The molecule has 0 aromatic carbocycles. The molecular weight excluding hydrogens is 220 g/mol. The predicted molar refractivity (Wildman–Crippen MR) is 78.6 cm³/mol. The third-order valence-corrected chi connectivity index (χ3v) is 5.19. The molecule has 2 fully saturated rings. The zero-order valence-electron chi connectivity index (χ0n) is 12.4. The van der Waals surface area contributed by atoms with Crippen molar-refractivity contribution in [3.63, 3.8) is 0 Å². The highest BCUT2D eigenvalue weighted by Crippen LogP contribution is 2.31. The summed E-state index contributed by atoms with van der Waals surface area (Å²) in [6.45, 7) is 5.95. The summed E-state index contributed by atoms with van der Waals surface area (Å²) in [6, 6.07) is 2.02. The number of piperidine rings is 1. The Morgan fingerprint density at radius 2 is 1.94 bits per heavy atom. The third kappa shape index (κ3) is 3.71. The molecule has 1 aliphatic carbocycles. The van der Waals surface area contributed by atoms with Gasteiger partial charge in [0.2, 0.25) is 0 Å². The molecule has 2 nitrogen and oxygen atoms in total. The van der Waals surface area contributed by atoms with Crippen molar-refractivity contribution >= 4 is 0 Å². The smallest absolute Gasteiger partial charge is 0.00982 e. The van der Waals surface area contributed by atoms with E-state index < -0.39 is 0 Å². The highest BCUT2D eigenvalue weighted by molar-refractivity contribution is 4.87. The number of nitrogens with two attached hydrogens (primary N) is 1. The monoisotopic (exact) mass is 252 g/mol. The molecule has 2 rings (SSSR count). The topological polar surface area (TPSA) is 29.3 Å². The Balaban J connectivity index is 1.85. The first-order valence-electron chi connectivity index (χ1n) is 8.22. The SMILES string of the molecule is CCCC1CCCC(N2CCC(N)CC2C)CC1. The van der Waals surface area contributed by atoms with Crippen LogP contribution in [-0.2, 0) is 0 Å². The fourth-order valence-corrected chi connectivity index (χ4v) is 4.16. The van der Waals surface area contributed by atoms with Crippen LogP contribution in [0, 0.1) is 5.92 Å². The lowest BCUT2D eigenvalue weighted by Crippen LogP contribution is -2.50. The summed E-state index contributed by atoms with van der Waals surface area (Å²) in [5.41, 5.74) is 6.08. The molecule has 0 bridgehead atoms. The van der Waals surface area contributed by atoms with Gasteiger partial charge in [0.25, 0.3) is 0 Å². The van der Waals surface area contributed by atoms with Crippen LogP contribution >= 0.6 is 0 Å². The Kier molecular flexibility index (Phi) is 5.50. The Labute approximate surface area is 113 Å². The molecule has 0 amide bonds. The van der Waals surface area contributed by atoms with E-state index in [0.717, 1.165) is 12.0 Å². The Bertz CT molecular complexity index is 241. The van der Waals surface area contributed by atoms with Gasteiger partial charge in [-0.15, -0.1) is 0 Å². The average Bonchev–Trinajstić information content (AvgIpc) is 2.55. The molecule has 106 valence electrons. The number of likely N-dealkylation sites (tertiary alicyclic amines) is 1. The van der Waals surface area contributed by atoms with Crippen LogP contribution in [-0.4, -0.2) is 29.6 Å². The standard InChI is InChI=1S/C16H32N2/c1-3-5-14-6-4-7-16(9-8-14)18-11-10-15(17)12-13(18)2/h13-16H,3-12,17H2,1-2H3. The molecule has 1 saturated heterocycles. The molecule has 1 saturated carbocycles. The van der Waals surface area contributed by atoms with Crippen molar-refractivity contribution in [3.05, 3.63) is 0 Å². The summed E-state index contributed by atoms with van der Waals surface area (Å²) in [6.07, 6.45) is 12.5. The molecular formula is C16H32N2. The van der Waals surface area contributed by atoms with E-state index in [9.17, 15) is 0 Å². The quantitative estimate of drug-likeness (QED) is 0.778. The van der Waals surface area contributed by atoms with Gasteiger partial charge in [-0.3, -0.25) is 4.90 Å². The highest BCUT2D eigenvalue weighted by atomic mass is 15.2. The fourth-order valence-electron chi connectivity index (χ4n) is 4.16. The van der Waals surface area contributed by atoms with E-state index in [0.29, 0.717) is 12.1 Å². The second-order valence-electron chi connectivity index (χ2n) is 6.69. The third-order valence-electron chi connectivity index (χ3n) is 5.19. The van der Waals surface area contributed by atoms with Crippen molar-refractivity contribution in [3.8, 4) is 0 Å². The maximum atomic E-state index is 6.08. The van der Waals surface area contributed by atoms with Crippen LogP contribution in [0.15, 0.2) is 0 Å². The molecule has 2 heteroatoms. The Hall–Kier alpha value is -0.0800. The minimum Gasteiger partial charge on any atom is -0.328 e. The molecule has 4 atom stereocenters.